The molecule has 4 N–H and O–H groups in total. The Bertz CT molecular complexity index is 2190. The third kappa shape index (κ3) is 9.17. The number of ether oxygens (including phenoxy) is 1. The summed E-state index contributed by atoms with van der Waals surface area (Å²) in [7, 11) is 0. The third-order valence-electron chi connectivity index (χ3n) is 16.9. The first-order valence-corrected chi connectivity index (χ1v) is 25.6. The average molecular weight is 877 g/mol. The summed E-state index contributed by atoms with van der Waals surface area (Å²) in [6.07, 6.45) is 18.0. The number of hydrogen-bond donors (Lipinski definition) is 3. The Hall–Kier alpha value is -4.86. The second kappa shape index (κ2) is 19.5. The maximum absolute atomic E-state index is 13.2. The fourth-order valence-corrected chi connectivity index (χ4v) is 13.5. The van der Waals surface area contributed by atoms with Crippen LogP contribution in [0.5, 0.6) is 11.5 Å². The van der Waals surface area contributed by atoms with Gasteiger partial charge in [-0.2, -0.15) is 0 Å². The number of benzene rings is 4. The van der Waals surface area contributed by atoms with Gasteiger partial charge in [-0.25, -0.2) is 9.59 Å². The predicted octanol–water partition coefficient (Wildman–Crippen LogP) is 12.7. The normalized spacial score (nSPS) is 27.7. The maximum Gasteiger partial charge on any atom is 0.315 e. The van der Waals surface area contributed by atoms with Crippen molar-refractivity contribution in [2.75, 3.05) is 13.1 Å². The van der Waals surface area contributed by atoms with Gasteiger partial charge in [0.25, 0.3) is 0 Å². The SMILES string of the molecule is CCC(NC(=O)N[C@H]1CC[C@H](CCN2[C@@H]3CC[C@H]2c2ccccc23)CC1)c1ccc(Oc2ccc(C(CC)N(C(N)=O)[C@H]3CC[C@H](CCN4[C@@H]5CC[C@H]4c4ccccc45)CC3)cc2)cc1. The maximum atomic E-state index is 13.2. The van der Waals surface area contributed by atoms with Gasteiger partial charge in [0.1, 0.15) is 11.5 Å². The molecule has 2 unspecified atom stereocenters. The lowest BCUT2D eigenvalue weighted by atomic mass is 9.82. The van der Waals surface area contributed by atoms with Crippen molar-refractivity contribution in [2.24, 2.45) is 17.6 Å². The van der Waals surface area contributed by atoms with Gasteiger partial charge < -0.3 is 26.0 Å². The van der Waals surface area contributed by atoms with Crippen LogP contribution in [0, 0.1) is 11.8 Å². The first kappa shape index (κ1) is 44.0. The lowest BCUT2D eigenvalue weighted by molar-refractivity contribution is 0.109. The van der Waals surface area contributed by atoms with Crippen LogP contribution in [-0.4, -0.2) is 51.9 Å². The van der Waals surface area contributed by atoms with Gasteiger partial charge in [-0.3, -0.25) is 9.80 Å². The number of fused-ring (bicyclic) bond motifs is 10. The van der Waals surface area contributed by atoms with Crippen molar-refractivity contribution in [3.8, 4) is 11.5 Å². The Labute approximate surface area is 387 Å². The number of carbonyl (C=O) groups is 2. The number of amides is 4. The molecule has 4 heterocycles. The highest BCUT2D eigenvalue weighted by Crippen LogP contribution is 2.54. The van der Waals surface area contributed by atoms with E-state index in [0.717, 1.165) is 79.9 Å². The number of urea groups is 2. The van der Waals surface area contributed by atoms with Gasteiger partial charge in [0.15, 0.2) is 0 Å². The highest BCUT2D eigenvalue weighted by molar-refractivity contribution is 5.75. The third-order valence-corrected chi connectivity index (χ3v) is 16.9. The van der Waals surface area contributed by atoms with Gasteiger partial charge in [-0.15, -0.1) is 0 Å². The van der Waals surface area contributed by atoms with Crippen molar-refractivity contribution >= 4 is 12.1 Å². The molecular weight excluding hydrogens is 805 g/mol. The van der Waals surface area contributed by atoms with Crippen molar-refractivity contribution in [1.29, 1.82) is 0 Å². The summed E-state index contributed by atoms with van der Waals surface area (Å²) in [5, 5.41) is 6.56. The van der Waals surface area contributed by atoms with Gasteiger partial charge in [-0.1, -0.05) is 86.6 Å². The molecule has 0 spiro atoms. The van der Waals surface area contributed by atoms with E-state index in [9.17, 15) is 9.59 Å². The van der Waals surface area contributed by atoms with E-state index in [1.165, 1.54) is 64.5 Å². The fraction of sp³-hybridized carbons (Fsp3) is 0.536. The molecule has 6 aliphatic rings. The predicted molar refractivity (Wildman–Crippen MR) is 259 cm³/mol. The molecule has 0 radical (unpaired) electrons. The molecule has 4 aromatic rings. The van der Waals surface area contributed by atoms with E-state index in [1.54, 1.807) is 22.3 Å². The minimum absolute atomic E-state index is 0.0775. The van der Waals surface area contributed by atoms with E-state index in [2.05, 4.69) is 107 Å². The molecule has 4 aromatic carbocycles. The van der Waals surface area contributed by atoms with E-state index >= 15 is 0 Å². The minimum atomic E-state index is -0.325. The highest BCUT2D eigenvalue weighted by Gasteiger charge is 2.45. The van der Waals surface area contributed by atoms with Crippen molar-refractivity contribution in [3.63, 3.8) is 0 Å². The summed E-state index contributed by atoms with van der Waals surface area (Å²) in [6.45, 7) is 6.62. The molecule has 6 atom stereocenters. The number of hydrogen-bond acceptors (Lipinski definition) is 5. The molecule has 344 valence electrons. The summed E-state index contributed by atoms with van der Waals surface area (Å²) >= 11 is 0. The zero-order valence-corrected chi connectivity index (χ0v) is 38.9. The van der Waals surface area contributed by atoms with Crippen molar-refractivity contribution in [2.45, 2.75) is 165 Å². The molecule has 9 heteroatoms. The quantitative estimate of drug-likeness (QED) is 0.104. The van der Waals surface area contributed by atoms with Crippen LogP contribution >= 0.6 is 0 Å². The Morgan fingerprint density at radius 1 is 0.600 bits per heavy atom. The van der Waals surface area contributed by atoms with Gasteiger partial charge >= 0.3 is 12.1 Å². The minimum Gasteiger partial charge on any atom is -0.457 e. The van der Waals surface area contributed by atoms with Crippen LogP contribution in [0.1, 0.15) is 186 Å². The van der Waals surface area contributed by atoms with Gasteiger partial charge in [-0.05, 0) is 185 Å². The number of nitrogens with one attached hydrogen (secondary N) is 2. The van der Waals surface area contributed by atoms with Crippen LogP contribution in [0.3, 0.4) is 0 Å². The second-order valence-electron chi connectivity index (χ2n) is 20.4. The van der Waals surface area contributed by atoms with Crippen LogP contribution in [0.2, 0.25) is 0 Å². The summed E-state index contributed by atoms with van der Waals surface area (Å²) in [4.78, 5) is 33.9. The summed E-state index contributed by atoms with van der Waals surface area (Å²) in [5.41, 5.74) is 14.6. The molecule has 2 aliphatic carbocycles. The lowest BCUT2D eigenvalue weighted by Gasteiger charge is -2.41. The number of nitrogens with zero attached hydrogens (tertiary/aromatic N) is 3. The number of nitrogens with two attached hydrogens (primary N) is 1. The van der Waals surface area contributed by atoms with Crippen molar-refractivity contribution < 1.29 is 14.3 Å². The van der Waals surface area contributed by atoms with E-state index in [-0.39, 0.29) is 36.2 Å². The molecule has 4 bridgehead atoms. The molecule has 65 heavy (non-hydrogen) atoms. The van der Waals surface area contributed by atoms with E-state index in [1.807, 2.05) is 29.2 Å². The van der Waals surface area contributed by atoms with E-state index in [4.69, 9.17) is 10.5 Å². The van der Waals surface area contributed by atoms with Gasteiger partial charge in [0.2, 0.25) is 0 Å². The molecular formula is C56H72N6O3. The van der Waals surface area contributed by atoms with E-state index in [0.29, 0.717) is 30.1 Å². The highest BCUT2D eigenvalue weighted by atomic mass is 16.5. The Morgan fingerprint density at radius 2 is 1.05 bits per heavy atom. The molecule has 2 saturated carbocycles. The van der Waals surface area contributed by atoms with Crippen LogP contribution < -0.4 is 21.1 Å². The molecule has 4 fully saturated rings. The van der Waals surface area contributed by atoms with E-state index < -0.39 is 0 Å². The molecule has 10 rings (SSSR count). The Kier molecular flexibility index (Phi) is 13.2. The van der Waals surface area contributed by atoms with Crippen LogP contribution in [-0.2, 0) is 0 Å². The Balaban J connectivity index is 0.660. The summed E-state index contributed by atoms with van der Waals surface area (Å²) in [6, 6.07) is 36.7. The number of carbonyl (C=O) groups excluding carboxylic acids is 2. The standard InChI is InChI=1S/C56H72N6O3/c1-3-49(59-56(64)58-41-21-13-37(14-22-41)33-35-60-51-29-30-52(60)46-10-6-5-9-45(46)51)39-17-25-43(26-18-39)65-44-27-19-40(20-28-44)50(4-2)62(55(57)63)42-23-15-38(16-24-42)34-36-61-53-31-32-54(61)48-12-8-7-11-47(48)53/h5-12,17-20,25-28,37-38,41-42,49-54H,3-4,13-16,21-24,29-36H2,1-2H3,(H2,57,63)(H2,58,59,64)/t37-,38-,41-,42-,49?,50?,51-,52+,53-,54+. The monoisotopic (exact) mass is 877 g/mol. The van der Waals surface area contributed by atoms with Gasteiger partial charge in [0.05, 0.1) is 12.1 Å². The summed E-state index contributed by atoms with van der Waals surface area (Å²) < 4.78 is 6.30. The van der Waals surface area contributed by atoms with Crippen molar-refractivity contribution in [1.82, 2.24) is 25.3 Å². The lowest BCUT2D eigenvalue weighted by Crippen LogP contribution is -2.47. The first-order chi connectivity index (χ1) is 31.8. The summed E-state index contributed by atoms with van der Waals surface area (Å²) in [5.74, 6) is 2.92. The van der Waals surface area contributed by atoms with Crippen LogP contribution in [0.4, 0.5) is 9.59 Å². The largest absolute Gasteiger partial charge is 0.457 e. The average Bonchev–Trinajstić information content (AvgIpc) is 4.11. The second-order valence-corrected chi connectivity index (χ2v) is 20.4. The number of rotatable bonds is 16. The molecule has 0 aromatic heterocycles. The van der Waals surface area contributed by atoms with Crippen molar-refractivity contribution in [3.05, 3.63) is 130 Å². The smallest absolute Gasteiger partial charge is 0.315 e. The van der Waals surface area contributed by atoms with Crippen LogP contribution in [0.15, 0.2) is 97.1 Å². The number of primary amides is 1. The first-order valence-electron chi connectivity index (χ1n) is 25.6. The van der Waals surface area contributed by atoms with Gasteiger partial charge in [0, 0.05) is 36.3 Å². The topological polar surface area (TPSA) is 103 Å². The zero-order chi connectivity index (χ0) is 44.4. The molecule has 4 amide bonds. The molecule has 9 nitrogen and oxygen atoms in total. The molecule has 2 saturated heterocycles. The van der Waals surface area contributed by atoms with Crippen LogP contribution in [0.25, 0.3) is 0 Å². The fourth-order valence-electron chi connectivity index (χ4n) is 13.5. The Morgan fingerprint density at radius 3 is 1.48 bits per heavy atom. The molecule has 4 aliphatic heterocycles. The zero-order valence-electron chi connectivity index (χ0n) is 38.9.